The number of nitro benzene ring substituents is 1. The molecular formula is C13H5Cl3N2O3. The lowest BCUT2D eigenvalue weighted by Crippen LogP contribution is -1.92. The van der Waals surface area contributed by atoms with Crippen LogP contribution in [0.25, 0.3) is 0 Å². The van der Waals surface area contributed by atoms with Crippen molar-refractivity contribution in [3.63, 3.8) is 0 Å². The molecule has 2 rings (SSSR count). The molecule has 0 amide bonds. The number of rotatable bonds is 3. The van der Waals surface area contributed by atoms with Crippen LogP contribution in [-0.2, 0) is 0 Å². The third kappa shape index (κ3) is 3.37. The van der Waals surface area contributed by atoms with Gasteiger partial charge < -0.3 is 4.74 Å². The molecule has 2 aromatic rings. The summed E-state index contributed by atoms with van der Waals surface area (Å²) in [5, 5.41) is 19.6. The first-order valence-electron chi connectivity index (χ1n) is 5.43. The van der Waals surface area contributed by atoms with Crippen LogP contribution in [0.1, 0.15) is 5.56 Å². The number of nitro groups is 1. The molecule has 0 bridgehead atoms. The minimum Gasteiger partial charge on any atom is -0.453 e. The summed E-state index contributed by atoms with van der Waals surface area (Å²) < 4.78 is 5.48. The number of nitrogens with zero attached hydrogens (tertiary/aromatic N) is 2. The quantitative estimate of drug-likeness (QED) is 0.565. The highest BCUT2D eigenvalue weighted by atomic mass is 35.5. The van der Waals surface area contributed by atoms with Crippen molar-refractivity contribution in [3.8, 4) is 17.6 Å². The molecule has 0 heterocycles. The van der Waals surface area contributed by atoms with Crippen LogP contribution >= 0.6 is 34.8 Å². The van der Waals surface area contributed by atoms with Crippen LogP contribution in [0.2, 0.25) is 15.1 Å². The van der Waals surface area contributed by atoms with Crippen LogP contribution in [-0.4, -0.2) is 4.92 Å². The summed E-state index contributed by atoms with van der Waals surface area (Å²) in [5.41, 5.74) is 0.122. The fourth-order valence-corrected chi connectivity index (χ4v) is 2.28. The van der Waals surface area contributed by atoms with E-state index in [1.165, 1.54) is 18.2 Å². The van der Waals surface area contributed by atoms with Gasteiger partial charge in [0.15, 0.2) is 5.75 Å². The van der Waals surface area contributed by atoms with Crippen LogP contribution < -0.4 is 4.74 Å². The van der Waals surface area contributed by atoms with Gasteiger partial charge in [0, 0.05) is 12.1 Å². The third-order valence-corrected chi connectivity index (χ3v) is 3.32. The first kappa shape index (κ1) is 15.4. The molecule has 0 spiro atoms. The molecule has 0 atom stereocenters. The molecule has 0 aromatic heterocycles. The molecule has 2 aromatic carbocycles. The van der Waals surface area contributed by atoms with E-state index in [0.29, 0.717) is 5.56 Å². The molecule has 5 nitrogen and oxygen atoms in total. The van der Waals surface area contributed by atoms with Gasteiger partial charge in [0.05, 0.1) is 31.6 Å². The van der Waals surface area contributed by atoms with E-state index in [2.05, 4.69) is 0 Å². The van der Waals surface area contributed by atoms with Gasteiger partial charge in [0.1, 0.15) is 5.75 Å². The average Bonchev–Trinajstić information content (AvgIpc) is 2.43. The van der Waals surface area contributed by atoms with Crippen molar-refractivity contribution in [3.05, 3.63) is 61.1 Å². The number of halogens is 3. The topological polar surface area (TPSA) is 76.2 Å². The molecule has 0 saturated heterocycles. The van der Waals surface area contributed by atoms with Crippen molar-refractivity contribution >= 4 is 40.5 Å². The minimum atomic E-state index is -0.615. The van der Waals surface area contributed by atoms with Crippen molar-refractivity contribution in [1.29, 1.82) is 5.26 Å². The Hall–Kier alpha value is -2.00. The Morgan fingerprint density at radius 2 is 1.71 bits per heavy atom. The van der Waals surface area contributed by atoms with E-state index in [9.17, 15) is 10.1 Å². The lowest BCUT2D eigenvalue weighted by atomic mass is 10.2. The lowest BCUT2D eigenvalue weighted by molar-refractivity contribution is -0.384. The van der Waals surface area contributed by atoms with Gasteiger partial charge in [-0.15, -0.1) is 0 Å². The SMILES string of the molecule is N#Cc1ccc(Oc2c(Cl)cc([N+](=O)[O-])cc2Cl)c(Cl)c1. The van der Waals surface area contributed by atoms with E-state index in [1.54, 1.807) is 0 Å². The third-order valence-electron chi connectivity index (χ3n) is 2.47. The van der Waals surface area contributed by atoms with Crippen LogP contribution in [0, 0.1) is 21.4 Å². The van der Waals surface area contributed by atoms with Crippen LogP contribution in [0.4, 0.5) is 5.69 Å². The Bertz CT molecular complexity index is 749. The largest absolute Gasteiger partial charge is 0.453 e. The molecule has 0 saturated carbocycles. The first-order valence-corrected chi connectivity index (χ1v) is 6.56. The van der Waals surface area contributed by atoms with Gasteiger partial charge >= 0.3 is 0 Å². The van der Waals surface area contributed by atoms with Gasteiger partial charge in [-0.2, -0.15) is 5.26 Å². The summed E-state index contributed by atoms with van der Waals surface area (Å²) in [6, 6.07) is 8.60. The molecule has 0 N–H and O–H groups in total. The molecule has 8 heteroatoms. The van der Waals surface area contributed by atoms with Crippen LogP contribution in [0.15, 0.2) is 30.3 Å². The number of hydrogen-bond donors (Lipinski definition) is 0. The minimum absolute atomic E-state index is 0.0189. The van der Waals surface area contributed by atoms with E-state index in [-0.39, 0.29) is 32.3 Å². The highest BCUT2D eigenvalue weighted by Crippen LogP contribution is 2.41. The van der Waals surface area contributed by atoms with Crippen molar-refractivity contribution in [2.75, 3.05) is 0 Å². The number of benzene rings is 2. The highest BCUT2D eigenvalue weighted by Gasteiger charge is 2.17. The van der Waals surface area contributed by atoms with Gasteiger partial charge in [-0.05, 0) is 18.2 Å². The normalized spacial score (nSPS) is 10.0. The zero-order chi connectivity index (χ0) is 15.6. The zero-order valence-electron chi connectivity index (χ0n) is 10.1. The Kier molecular flexibility index (Phi) is 4.53. The molecule has 106 valence electrons. The van der Waals surface area contributed by atoms with Crippen molar-refractivity contribution < 1.29 is 9.66 Å². The van der Waals surface area contributed by atoms with Crippen LogP contribution in [0.3, 0.4) is 0 Å². The smallest absolute Gasteiger partial charge is 0.272 e. The predicted molar refractivity (Wildman–Crippen MR) is 79.4 cm³/mol. The summed E-state index contributed by atoms with van der Waals surface area (Å²) in [5.74, 6) is 0.281. The van der Waals surface area contributed by atoms with Gasteiger partial charge in [0.25, 0.3) is 5.69 Å². The van der Waals surface area contributed by atoms with E-state index >= 15 is 0 Å². The summed E-state index contributed by atoms with van der Waals surface area (Å²) >= 11 is 17.8. The number of hydrogen-bond acceptors (Lipinski definition) is 4. The molecule has 0 fully saturated rings. The molecule has 21 heavy (non-hydrogen) atoms. The van der Waals surface area contributed by atoms with E-state index < -0.39 is 4.92 Å². The second-order valence-electron chi connectivity index (χ2n) is 3.85. The number of nitriles is 1. The molecule has 0 aliphatic rings. The van der Waals surface area contributed by atoms with Crippen molar-refractivity contribution in [1.82, 2.24) is 0 Å². The number of ether oxygens (including phenoxy) is 1. The summed E-state index contributed by atoms with van der Waals surface area (Å²) in [4.78, 5) is 10.1. The van der Waals surface area contributed by atoms with Crippen LogP contribution in [0.5, 0.6) is 11.5 Å². The zero-order valence-corrected chi connectivity index (χ0v) is 12.4. The molecule has 0 aliphatic carbocycles. The Balaban J connectivity index is 2.41. The molecule has 0 radical (unpaired) electrons. The van der Waals surface area contributed by atoms with E-state index in [1.807, 2.05) is 6.07 Å². The van der Waals surface area contributed by atoms with Crippen molar-refractivity contribution in [2.45, 2.75) is 0 Å². The molecule has 0 aliphatic heterocycles. The maximum atomic E-state index is 10.7. The van der Waals surface area contributed by atoms with Crippen molar-refractivity contribution in [2.24, 2.45) is 0 Å². The van der Waals surface area contributed by atoms with Gasteiger partial charge in [0.2, 0.25) is 0 Å². The lowest BCUT2D eigenvalue weighted by Gasteiger charge is -2.10. The van der Waals surface area contributed by atoms with Gasteiger partial charge in [-0.3, -0.25) is 10.1 Å². The summed E-state index contributed by atoms with van der Waals surface area (Å²) in [7, 11) is 0. The Morgan fingerprint density at radius 3 is 2.19 bits per heavy atom. The first-order chi connectivity index (χ1) is 9.92. The van der Waals surface area contributed by atoms with Gasteiger partial charge in [-0.25, -0.2) is 0 Å². The Labute approximate surface area is 134 Å². The fraction of sp³-hybridized carbons (Fsp3) is 0. The van der Waals surface area contributed by atoms with E-state index in [0.717, 1.165) is 12.1 Å². The maximum absolute atomic E-state index is 10.7. The maximum Gasteiger partial charge on any atom is 0.272 e. The summed E-state index contributed by atoms with van der Waals surface area (Å²) in [6.45, 7) is 0. The fourth-order valence-electron chi connectivity index (χ4n) is 1.51. The monoisotopic (exact) mass is 342 g/mol. The number of non-ortho nitro benzene ring substituents is 1. The second kappa shape index (κ2) is 6.19. The predicted octanol–water partition coefficient (Wildman–Crippen LogP) is 5.22. The Morgan fingerprint density at radius 1 is 1.10 bits per heavy atom. The molecule has 0 unspecified atom stereocenters. The molecular weight excluding hydrogens is 339 g/mol. The van der Waals surface area contributed by atoms with Gasteiger partial charge in [-0.1, -0.05) is 34.8 Å². The standard InChI is InChI=1S/C13H5Cl3N2O3/c14-9-3-7(6-17)1-2-12(9)21-13-10(15)4-8(18(19)20)5-11(13)16/h1-5H. The average molecular weight is 344 g/mol. The highest BCUT2D eigenvalue weighted by molar-refractivity contribution is 6.37. The second-order valence-corrected chi connectivity index (χ2v) is 5.08. The summed E-state index contributed by atoms with van der Waals surface area (Å²) in [6.07, 6.45) is 0. The van der Waals surface area contributed by atoms with E-state index in [4.69, 9.17) is 44.8 Å².